The van der Waals surface area contributed by atoms with Gasteiger partial charge in [0.2, 0.25) is 0 Å². The second-order valence-corrected chi connectivity index (χ2v) is 12.6. The molecule has 4 aromatic rings. The molecule has 1 heterocycles. The lowest BCUT2D eigenvalue weighted by molar-refractivity contribution is 0.0591. The Labute approximate surface area is 245 Å². The molecule has 0 unspecified atom stereocenters. The zero-order valence-corrected chi connectivity index (χ0v) is 24.7. The molecule has 5 rings (SSSR count). The first-order valence-corrected chi connectivity index (χ1v) is 15.5. The zero-order valence-electron chi connectivity index (χ0n) is 21.6. The highest BCUT2D eigenvalue weighted by molar-refractivity contribution is 7.98. The van der Waals surface area contributed by atoms with Gasteiger partial charge < -0.3 is 4.90 Å². The predicted octanol–water partition coefficient (Wildman–Crippen LogP) is 9.26. The van der Waals surface area contributed by atoms with E-state index in [1.54, 1.807) is 16.2 Å². The largest absolute Gasteiger partial charge is 0.331 e. The van der Waals surface area contributed by atoms with Gasteiger partial charge in [0, 0.05) is 30.6 Å². The van der Waals surface area contributed by atoms with Crippen LogP contribution in [0.2, 0.25) is 5.02 Å². The number of rotatable bonds is 7. The number of hydrogen-bond donors (Lipinski definition) is 0. The number of halogens is 4. The molecular weight excluding hydrogens is 577 g/mol. The Morgan fingerprint density at radius 3 is 2.38 bits per heavy atom. The lowest BCUT2D eigenvalue weighted by atomic mass is 9.89. The number of carbonyl (C=O) groups is 1. The van der Waals surface area contributed by atoms with Crippen LogP contribution in [0.3, 0.4) is 0 Å². The third kappa shape index (κ3) is 5.84. The Kier molecular flexibility index (Phi) is 8.84. The maximum atomic E-state index is 14.6. The predicted molar refractivity (Wildman–Crippen MR) is 160 cm³/mol. The van der Waals surface area contributed by atoms with Crippen LogP contribution in [0.4, 0.5) is 8.78 Å². The van der Waals surface area contributed by atoms with E-state index in [1.807, 2.05) is 36.2 Å². The van der Waals surface area contributed by atoms with Crippen LogP contribution in [0.25, 0.3) is 21.2 Å². The van der Waals surface area contributed by atoms with E-state index >= 15 is 0 Å². The van der Waals surface area contributed by atoms with Crippen LogP contribution in [-0.2, 0) is 6.54 Å². The van der Waals surface area contributed by atoms with E-state index in [1.165, 1.54) is 4.90 Å². The SMILES string of the molecule is CSc1ccccc1-c1cccc(CN(C(=O)c2sc3c(F)ccc(F)c3c2Cl)[C@H]2CC[C@H](N(C)Cl)CC2)c1. The molecule has 9 heteroatoms. The van der Waals surface area contributed by atoms with Crippen molar-refractivity contribution in [3.05, 3.63) is 87.8 Å². The van der Waals surface area contributed by atoms with Gasteiger partial charge in [0.1, 0.15) is 16.5 Å². The molecule has 0 N–H and O–H groups in total. The van der Waals surface area contributed by atoms with E-state index in [4.69, 9.17) is 23.4 Å². The van der Waals surface area contributed by atoms with Gasteiger partial charge in [-0.05, 0) is 84.7 Å². The minimum Gasteiger partial charge on any atom is -0.331 e. The van der Waals surface area contributed by atoms with Crippen LogP contribution in [0.5, 0.6) is 0 Å². The van der Waals surface area contributed by atoms with Gasteiger partial charge in [-0.15, -0.1) is 23.1 Å². The van der Waals surface area contributed by atoms with Crippen molar-refractivity contribution in [2.24, 2.45) is 0 Å². The van der Waals surface area contributed by atoms with E-state index in [-0.39, 0.29) is 38.0 Å². The molecule has 1 fully saturated rings. The summed E-state index contributed by atoms with van der Waals surface area (Å²) in [6.45, 7) is 0.357. The topological polar surface area (TPSA) is 23.6 Å². The monoisotopic (exact) mass is 604 g/mol. The highest BCUT2D eigenvalue weighted by Gasteiger charge is 2.33. The molecule has 39 heavy (non-hydrogen) atoms. The fourth-order valence-corrected chi connectivity index (χ4v) is 7.70. The summed E-state index contributed by atoms with van der Waals surface area (Å²) >= 11 is 15.4. The maximum absolute atomic E-state index is 14.6. The molecule has 1 saturated carbocycles. The summed E-state index contributed by atoms with van der Waals surface area (Å²) in [7, 11) is 1.85. The molecule has 0 atom stereocenters. The number of benzene rings is 3. The molecule has 1 amide bonds. The van der Waals surface area contributed by atoms with Crippen molar-refractivity contribution < 1.29 is 13.6 Å². The third-order valence-electron chi connectivity index (χ3n) is 7.44. The number of thioether (sulfide) groups is 1. The Bertz CT molecular complexity index is 1500. The van der Waals surface area contributed by atoms with Crippen LogP contribution in [0, 0.1) is 11.6 Å². The van der Waals surface area contributed by atoms with Crippen LogP contribution in [-0.4, -0.2) is 40.6 Å². The highest BCUT2D eigenvalue weighted by atomic mass is 35.5. The molecule has 0 spiro atoms. The Hall–Kier alpha value is -2.16. The third-order valence-corrected chi connectivity index (χ3v) is 10.2. The number of carbonyl (C=O) groups excluding carboxylic acids is 1. The average molecular weight is 606 g/mol. The molecule has 0 bridgehead atoms. The van der Waals surface area contributed by atoms with Crippen molar-refractivity contribution in [1.82, 2.24) is 9.32 Å². The quantitative estimate of drug-likeness (QED) is 0.155. The summed E-state index contributed by atoms with van der Waals surface area (Å²) in [4.78, 5) is 17.3. The second kappa shape index (κ2) is 12.1. The highest BCUT2D eigenvalue weighted by Crippen LogP contribution is 2.40. The molecule has 204 valence electrons. The summed E-state index contributed by atoms with van der Waals surface area (Å²) in [6.07, 6.45) is 5.29. The van der Waals surface area contributed by atoms with Crippen LogP contribution in [0.15, 0.2) is 65.6 Å². The van der Waals surface area contributed by atoms with E-state index in [9.17, 15) is 13.6 Å². The van der Waals surface area contributed by atoms with Crippen molar-refractivity contribution in [3.8, 4) is 11.1 Å². The molecular formula is C30H28Cl2F2N2OS2. The molecule has 3 aromatic carbocycles. The number of amides is 1. The van der Waals surface area contributed by atoms with Gasteiger partial charge in [0.15, 0.2) is 0 Å². The fourth-order valence-electron chi connectivity index (χ4n) is 5.38. The molecule has 1 aromatic heterocycles. The first-order valence-electron chi connectivity index (χ1n) is 12.8. The van der Waals surface area contributed by atoms with Crippen molar-refractivity contribution in [1.29, 1.82) is 0 Å². The summed E-state index contributed by atoms with van der Waals surface area (Å²) in [5.74, 6) is -1.53. The number of fused-ring (bicyclic) bond motifs is 1. The molecule has 0 aliphatic heterocycles. The van der Waals surface area contributed by atoms with E-state index in [0.29, 0.717) is 6.54 Å². The molecule has 3 nitrogen and oxygen atoms in total. The lowest BCUT2D eigenvalue weighted by Crippen LogP contribution is -2.44. The Morgan fingerprint density at radius 1 is 1.00 bits per heavy atom. The maximum Gasteiger partial charge on any atom is 0.266 e. The van der Waals surface area contributed by atoms with Crippen molar-refractivity contribution in [2.45, 2.75) is 49.2 Å². The molecule has 0 radical (unpaired) electrons. The number of thiophene rings is 1. The van der Waals surface area contributed by atoms with Crippen molar-refractivity contribution in [2.75, 3.05) is 13.3 Å². The van der Waals surface area contributed by atoms with Gasteiger partial charge in [0.05, 0.1) is 15.1 Å². The standard InChI is InChI=1S/C30H28Cl2F2N2OS2/c1-35(32)20-10-12-21(13-11-20)36(30(37)29-27(31)26-23(33)14-15-24(34)28(26)39-29)17-18-6-5-7-19(16-18)22-8-3-4-9-25(22)38-2/h3-9,14-16,20-21H,10-13,17H2,1-2H3/t20-,21-. The molecule has 1 aliphatic carbocycles. The smallest absolute Gasteiger partial charge is 0.266 e. The van der Waals surface area contributed by atoms with Crippen molar-refractivity contribution in [3.63, 3.8) is 0 Å². The first-order chi connectivity index (χ1) is 18.8. The normalized spacial score (nSPS) is 17.6. The lowest BCUT2D eigenvalue weighted by Gasteiger charge is -2.38. The van der Waals surface area contributed by atoms with Gasteiger partial charge in [0.25, 0.3) is 5.91 Å². The van der Waals surface area contributed by atoms with Gasteiger partial charge >= 0.3 is 0 Å². The summed E-state index contributed by atoms with van der Waals surface area (Å²) in [5.41, 5.74) is 3.18. The van der Waals surface area contributed by atoms with Crippen molar-refractivity contribution >= 4 is 62.5 Å². The first kappa shape index (κ1) is 28.4. The fraction of sp³-hybridized carbons (Fsp3) is 0.300. The van der Waals surface area contributed by atoms with Gasteiger partial charge in [-0.25, -0.2) is 13.2 Å². The summed E-state index contributed by atoms with van der Waals surface area (Å²) in [5, 5.41) is -0.0630. The van der Waals surface area contributed by atoms with Crippen LogP contribution < -0.4 is 0 Å². The zero-order chi connectivity index (χ0) is 27.7. The van der Waals surface area contributed by atoms with E-state index in [0.717, 1.165) is 65.8 Å². The van der Waals surface area contributed by atoms with Gasteiger partial charge in [-0.2, -0.15) is 0 Å². The molecule has 1 aliphatic rings. The Balaban J connectivity index is 1.52. The van der Waals surface area contributed by atoms with Gasteiger partial charge in [-0.3, -0.25) is 4.79 Å². The minimum absolute atomic E-state index is 0.0289. The summed E-state index contributed by atoms with van der Waals surface area (Å²) < 4.78 is 30.9. The van der Waals surface area contributed by atoms with Crippen LogP contribution in [0.1, 0.15) is 40.9 Å². The number of hydrogen-bond acceptors (Lipinski definition) is 4. The molecule has 0 saturated heterocycles. The van der Waals surface area contributed by atoms with E-state index < -0.39 is 11.6 Å². The second-order valence-electron chi connectivity index (χ2n) is 9.80. The Morgan fingerprint density at radius 2 is 1.69 bits per heavy atom. The number of nitrogens with zero attached hydrogens (tertiary/aromatic N) is 2. The van der Waals surface area contributed by atoms with Gasteiger partial charge in [-0.1, -0.05) is 48.0 Å². The minimum atomic E-state index is -0.635. The summed E-state index contributed by atoms with van der Waals surface area (Å²) in [6, 6.07) is 18.7. The van der Waals surface area contributed by atoms with Crippen LogP contribution >= 0.6 is 46.5 Å². The van der Waals surface area contributed by atoms with E-state index in [2.05, 4.69) is 30.5 Å². The average Bonchev–Trinajstić information content (AvgIpc) is 3.32.